The van der Waals surface area contributed by atoms with Gasteiger partial charge in [-0.05, 0) is 25.8 Å². The molecule has 0 radical (unpaired) electrons. The minimum absolute atomic E-state index is 0.153. The quantitative estimate of drug-likeness (QED) is 0.229. The normalized spacial score (nSPS) is 14.7. The monoisotopic (exact) mass is 314 g/mol. The third-order valence-electron chi connectivity index (χ3n) is 3.19. The third kappa shape index (κ3) is 7.53. The number of aliphatic hydroxyl groups is 1. The van der Waals surface area contributed by atoms with Crippen LogP contribution >= 0.6 is 0 Å². The fourth-order valence-corrected chi connectivity index (χ4v) is 1.96. The summed E-state index contributed by atoms with van der Waals surface area (Å²) in [4.78, 5) is 27.9. The van der Waals surface area contributed by atoms with Gasteiger partial charge in [0.2, 0.25) is 0 Å². The predicted molar refractivity (Wildman–Crippen MR) is 80.3 cm³/mol. The van der Waals surface area contributed by atoms with Gasteiger partial charge >= 0.3 is 0 Å². The highest BCUT2D eigenvalue weighted by molar-refractivity contribution is 6.00. The number of ether oxygens (including phenoxy) is 1. The topological polar surface area (TPSA) is 88.1 Å². The summed E-state index contributed by atoms with van der Waals surface area (Å²) in [6.45, 7) is 5.81. The van der Waals surface area contributed by atoms with Crippen LogP contribution in [0.4, 0.5) is 0 Å². The fraction of sp³-hybridized carbons (Fsp3) is 0.733. The number of carbonyl (C=O) groups excluding carboxylic acids is 2. The highest BCUT2D eigenvalue weighted by Gasteiger charge is 2.31. The molecule has 1 fully saturated rings. The number of nitrogens with one attached hydrogen (secondary N) is 1. The molecule has 1 saturated heterocycles. The molecule has 7 heteroatoms. The molecule has 0 atom stereocenters. The molecular weight excluding hydrogens is 288 g/mol. The van der Waals surface area contributed by atoms with Gasteiger partial charge in [-0.15, -0.1) is 5.06 Å². The minimum Gasteiger partial charge on any atom is -0.396 e. The van der Waals surface area contributed by atoms with Crippen molar-refractivity contribution in [2.24, 2.45) is 0 Å². The number of hydroxylamine groups is 2. The maximum atomic E-state index is 11.4. The molecule has 0 bridgehead atoms. The van der Waals surface area contributed by atoms with E-state index in [4.69, 9.17) is 14.7 Å². The highest BCUT2D eigenvalue weighted by Crippen LogP contribution is 2.17. The van der Waals surface area contributed by atoms with Gasteiger partial charge in [0, 0.05) is 25.9 Å². The van der Waals surface area contributed by atoms with E-state index in [1.54, 1.807) is 0 Å². The zero-order valence-electron chi connectivity index (χ0n) is 13.0. The summed E-state index contributed by atoms with van der Waals surface area (Å²) in [5.41, 5.74) is 0. The van der Waals surface area contributed by atoms with Crippen molar-refractivity contribution in [2.45, 2.75) is 44.9 Å². The molecule has 0 aromatic carbocycles. The molecule has 1 rings (SSSR count). The van der Waals surface area contributed by atoms with Crippen LogP contribution < -0.4 is 5.32 Å². The van der Waals surface area contributed by atoms with Crippen LogP contribution in [0.15, 0.2) is 12.3 Å². The first-order valence-electron chi connectivity index (χ1n) is 7.76. The second kappa shape index (κ2) is 11.2. The van der Waals surface area contributed by atoms with Crippen molar-refractivity contribution in [3.05, 3.63) is 12.3 Å². The summed E-state index contributed by atoms with van der Waals surface area (Å²) in [5, 5.41) is 12.5. The van der Waals surface area contributed by atoms with Crippen LogP contribution in [0, 0.1) is 0 Å². The first kappa shape index (κ1) is 18.6. The van der Waals surface area contributed by atoms with Crippen LogP contribution in [0.25, 0.3) is 0 Å². The lowest BCUT2D eigenvalue weighted by Crippen LogP contribution is -2.28. The lowest BCUT2D eigenvalue weighted by atomic mass is 10.2. The Balaban J connectivity index is 1.93. The number of unbranched alkanes of at least 4 members (excludes halogenated alkanes) is 2. The van der Waals surface area contributed by atoms with Gasteiger partial charge in [0.15, 0.2) is 0 Å². The predicted octanol–water partition coefficient (Wildman–Crippen LogP) is 1.09. The molecule has 2 amide bonds. The van der Waals surface area contributed by atoms with Gasteiger partial charge in [-0.1, -0.05) is 13.0 Å². The zero-order valence-corrected chi connectivity index (χ0v) is 13.0. The van der Waals surface area contributed by atoms with Crippen molar-refractivity contribution in [3.63, 3.8) is 0 Å². The Bertz CT molecular complexity index is 357. The van der Waals surface area contributed by atoms with E-state index in [1.165, 1.54) is 0 Å². The number of amides is 2. The standard InChI is InChI=1S/C15H26N2O5/c1-13(22-17-14(19)7-8-15(17)20)6-3-2-4-9-16-12-21-11-5-10-18/h16,18H,1-12H2. The smallest absolute Gasteiger partial charge is 0.263 e. The van der Waals surface area contributed by atoms with E-state index in [0.29, 0.717) is 31.9 Å². The lowest BCUT2D eigenvalue weighted by molar-refractivity contribution is -0.177. The highest BCUT2D eigenvalue weighted by atomic mass is 16.7. The summed E-state index contributed by atoms with van der Waals surface area (Å²) in [5.74, 6) is -0.142. The summed E-state index contributed by atoms with van der Waals surface area (Å²) >= 11 is 0. The second-order valence-electron chi connectivity index (χ2n) is 5.15. The molecular formula is C15H26N2O5. The largest absolute Gasteiger partial charge is 0.396 e. The van der Waals surface area contributed by atoms with E-state index in [0.717, 1.165) is 30.9 Å². The minimum atomic E-state index is -0.295. The zero-order chi connectivity index (χ0) is 16.2. The van der Waals surface area contributed by atoms with Crippen molar-refractivity contribution in [1.82, 2.24) is 10.4 Å². The first-order valence-corrected chi connectivity index (χ1v) is 7.76. The van der Waals surface area contributed by atoms with E-state index >= 15 is 0 Å². The number of hydrogen-bond acceptors (Lipinski definition) is 6. The number of aliphatic hydroxyl groups excluding tert-OH is 1. The molecule has 0 unspecified atom stereocenters. The average Bonchev–Trinajstić information content (AvgIpc) is 2.81. The summed E-state index contributed by atoms with van der Waals surface area (Å²) < 4.78 is 5.24. The van der Waals surface area contributed by atoms with Crippen LogP contribution in [-0.2, 0) is 19.2 Å². The fourth-order valence-electron chi connectivity index (χ4n) is 1.96. The number of carbonyl (C=O) groups is 2. The summed E-state index contributed by atoms with van der Waals surface area (Å²) in [6, 6.07) is 0. The molecule has 1 aliphatic heterocycles. The Morgan fingerprint density at radius 1 is 1.18 bits per heavy atom. The van der Waals surface area contributed by atoms with Crippen LogP contribution in [0.5, 0.6) is 0 Å². The summed E-state index contributed by atoms with van der Waals surface area (Å²) in [7, 11) is 0. The van der Waals surface area contributed by atoms with E-state index in [9.17, 15) is 9.59 Å². The van der Waals surface area contributed by atoms with Crippen molar-refractivity contribution in [3.8, 4) is 0 Å². The van der Waals surface area contributed by atoms with Crippen LogP contribution in [-0.4, -0.2) is 48.5 Å². The Kier molecular flexibility index (Phi) is 9.45. The molecule has 0 saturated carbocycles. The lowest BCUT2D eigenvalue weighted by Gasteiger charge is -2.15. The molecule has 0 aromatic rings. The van der Waals surface area contributed by atoms with Crippen molar-refractivity contribution in [1.29, 1.82) is 0 Å². The molecule has 0 aromatic heterocycles. The molecule has 1 aliphatic rings. The van der Waals surface area contributed by atoms with Gasteiger partial charge in [0.25, 0.3) is 11.8 Å². The maximum Gasteiger partial charge on any atom is 0.263 e. The van der Waals surface area contributed by atoms with Crippen LogP contribution in [0.3, 0.4) is 0 Å². The van der Waals surface area contributed by atoms with Gasteiger partial charge < -0.3 is 14.7 Å². The molecule has 126 valence electrons. The Hall–Kier alpha value is -1.44. The van der Waals surface area contributed by atoms with E-state index in [-0.39, 0.29) is 31.3 Å². The van der Waals surface area contributed by atoms with E-state index in [1.807, 2.05) is 0 Å². The van der Waals surface area contributed by atoms with Gasteiger partial charge in [0.1, 0.15) is 5.76 Å². The maximum absolute atomic E-state index is 11.4. The molecule has 0 aliphatic carbocycles. The molecule has 22 heavy (non-hydrogen) atoms. The van der Waals surface area contributed by atoms with Gasteiger partial charge in [-0.3, -0.25) is 14.9 Å². The van der Waals surface area contributed by atoms with Gasteiger partial charge in [0.05, 0.1) is 13.3 Å². The molecule has 7 nitrogen and oxygen atoms in total. The molecule has 2 N–H and O–H groups in total. The van der Waals surface area contributed by atoms with Crippen molar-refractivity contribution >= 4 is 11.8 Å². The third-order valence-corrected chi connectivity index (χ3v) is 3.19. The van der Waals surface area contributed by atoms with E-state index < -0.39 is 0 Å². The number of rotatable bonds is 13. The average molecular weight is 314 g/mol. The number of imide groups is 1. The van der Waals surface area contributed by atoms with Gasteiger partial charge in [-0.25, -0.2) is 0 Å². The Morgan fingerprint density at radius 2 is 1.91 bits per heavy atom. The Morgan fingerprint density at radius 3 is 2.59 bits per heavy atom. The van der Waals surface area contributed by atoms with Crippen LogP contribution in [0.1, 0.15) is 44.9 Å². The van der Waals surface area contributed by atoms with Crippen molar-refractivity contribution in [2.75, 3.05) is 26.5 Å². The number of hydrogen-bond donors (Lipinski definition) is 2. The molecule has 1 heterocycles. The SMILES string of the molecule is C=C(CCCCCNCOCCCO)ON1C(=O)CCC1=O. The summed E-state index contributed by atoms with van der Waals surface area (Å²) in [6.07, 6.45) is 4.61. The van der Waals surface area contributed by atoms with Crippen molar-refractivity contribution < 1.29 is 24.3 Å². The second-order valence-corrected chi connectivity index (χ2v) is 5.15. The van der Waals surface area contributed by atoms with Gasteiger partial charge in [-0.2, -0.15) is 0 Å². The molecule has 0 spiro atoms. The Labute approximate surface area is 131 Å². The number of nitrogens with zero attached hydrogens (tertiary/aromatic N) is 1. The number of allylic oxidation sites excluding steroid dienone is 1. The van der Waals surface area contributed by atoms with E-state index in [2.05, 4.69) is 11.9 Å². The van der Waals surface area contributed by atoms with Crippen LogP contribution in [0.2, 0.25) is 0 Å². The first-order chi connectivity index (χ1) is 10.6.